The van der Waals surface area contributed by atoms with Gasteiger partial charge in [-0.15, -0.1) is 0 Å². The van der Waals surface area contributed by atoms with Gasteiger partial charge in [0.25, 0.3) is 11.6 Å². The number of nitro benzene ring substituents is 1. The number of hydrogen-bond acceptors (Lipinski definition) is 7. The Morgan fingerprint density at radius 2 is 1.91 bits per heavy atom. The summed E-state index contributed by atoms with van der Waals surface area (Å²) in [4.78, 5) is 35.4. The fourth-order valence-electron chi connectivity index (χ4n) is 2.92. The number of amides is 1. The number of halogens is 3. The van der Waals surface area contributed by atoms with Crippen molar-refractivity contribution < 1.29 is 37.5 Å². The molecule has 0 spiro atoms. The summed E-state index contributed by atoms with van der Waals surface area (Å²) in [6.45, 7) is 0.0954. The number of carboxylic acid groups (broad SMARTS) is 1. The molecule has 3 rings (SSSR count). The number of aliphatic carboxylic acids is 1. The van der Waals surface area contributed by atoms with Crippen molar-refractivity contribution in [1.29, 1.82) is 0 Å². The molecular weight excluding hydrogens is 497 g/mol. The van der Waals surface area contributed by atoms with Crippen LogP contribution in [0, 0.1) is 10.1 Å². The number of rotatable bonds is 8. The lowest BCUT2D eigenvalue weighted by molar-refractivity contribution is -0.384. The molecular formula is C21H15F3N2O6S2. The predicted octanol–water partition coefficient (Wildman–Crippen LogP) is 5.47. The van der Waals surface area contributed by atoms with Crippen LogP contribution in [0.25, 0.3) is 6.08 Å². The van der Waals surface area contributed by atoms with E-state index in [1.165, 1.54) is 17.0 Å². The number of carboxylic acids is 1. The number of benzene rings is 2. The Balaban J connectivity index is 1.89. The Morgan fingerprint density at radius 1 is 1.24 bits per heavy atom. The maximum Gasteiger partial charge on any atom is 0.416 e. The van der Waals surface area contributed by atoms with Gasteiger partial charge in [-0.3, -0.25) is 24.6 Å². The highest BCUT2D eigenvalue weighted by Gasteiger charge is 2.32. The minimum atomic E-state index is -4.52. The zero-order chi connectivity index (χ0) is 25.0. The fraction of sp³-hybridized carbons (Fsp3) is 0.190. The number of carbonyl (C=O) groups is 2. The van der Waals surface area contributed by atoms with Gasteiger partial charge < -0.3 is 9.84 Å². The molecule has 0 aliphatic carbocycles. The lowest BCUT2D eigenvalue weighted by Crippen LogP contribution is -2.29. The van der Waals surface area contributed by atoms with Crippen LogP contribution in [0.15, 0.2) is 47.4 Å². The number of nitrogens with zero attached hydrogens (tertiary/aromatic N) is 2. The largest absolute Gasteiger partial charge is 0.481 e. The normalized spacial score (nSPS) is 15.1. The van der Waals surface area contributed by atoms with Crippen LogP contribution in [-0.4, -0.2) is 37.7 Å². The van der Waals surface area contributed by atoms with Gasteiger partial charge in [-0.1, -0.05) is 24.0 Å². The van der Waals surface area contributed by atoms with Crippen molar-refractivity contribution in [2.24, 2.45) is 0 Å². The third kappa shape index (κ3) is 6.11. The van der Waals surface area contributed by atoms with E-state index in [0.29, 0.717) is 0 Å². The average Bonchev–Trinajstić information content (AvgIpc) is 3.01. The van der Waals surface area contributed by atoms with E-state index in [2.05, 4.69) is 0 Å². The number of nitro groups is 1. The molecule has 0 radical (unpaired) electrons. The van der Waals surface area contributed by atoms with Gasteiger partial charge in [-0.2, -0.15) is 13.2 Å². The molecule has 1 aliphatic rings. The van der Waals surface area contributed by atoms with Crippen LogP contribution in [0.3, 0.4) is 0 Å². The lowest BCUT2D eigenvalue weighted by Gasteiger charge is -2.13. The molecule has 1 amide bonds. The summed E-state index contributed by atoms with van der Waals surface area (Å²) in [5.41, 5.74) is -1.02. The number of ether oxygens (including phenoxy) is 1. The molecule has 1 heterocycles. The first-order valence-electron chi connectivity index (χ1n) is 9.56. The molecule has 1 fully saturated rings. The van der Waals surface area contributed by atoms with E-state index in [1.54, 1.807) is 0 Å². The third-order valence-corrected chi connectivity index (χ3v) is 5.92. The molecule has 1 N–H and O–H groups in total. The van der Waals surface area contributed by atoms with E-state index in [-0.39, 0.29) is 51.4 Å². The van der Waals surface area contributed by atoms with Crippen LogP contribution in [-0.2, 0) is 15.8 Å². The van der Waals surface area contributed by atoms with E-state index in [0.717, 1.165) is 48.2 Å². The van der Waals surface area contributed by atoms with Gasteiger partial charge in [0, 0.05) is 30.7 Å². The van der Waals surface area contributed by atoms with Crippen LogP contribution < -0.4 is 4.74 Å². The predicted molar refractivity (Wildman–Crippen MR) is 121 cm³/mol. The Kier molecular flexibility index (Phi) is 7.57. The Hall–Kier alpha value is -3.45. The van der Waals surface area contributed by atoms with Crippen molar-refractivity contribution in [2.75, 3.05) is 6.54 Å². The first-order valence-corrected chi connectivity index (χ1v) is 10.8. The van der Waals surface area contributed by atoms with E-state index >= 15 is 0 Å². The van der Waals surface area contributed by atoms with Crippen LogP contribution in [0.2, 0.25) is 0 Å². The monoisotopic (exact) mass is 512 g/mol. The molecule has 34 heavy (non-hydrogen) atoms. The highest BCUT2D eigenvalue weighted by Crippen LogP contribution is 2.37. The quantitative estimate of drug-likeness (QED) is 0.215. The summed E-state index contributed by atoms with van der Waals surface area (Å²) < 4.78 is 44.2. The number of thioether (sulfide) groups is 1. The second kappa shape index (κ2) is 10.2. The summed E-state index contributed by atoms with van der Waals surface area (Å²) in [7, 11) is 0. The van der Waals surface area contributed by atoms with Gasteiger partial charge in [0.1, 0.15) is 15.8 Å². The molecule has 1 aliphatic heterocycles. The SMILES string of the molecule is O=C(O)CCCN1C(=O)C(=Cc2cc([N+](=O)[O-])ccc2Oc2ccc(C(F)(F)F)cc2)SC1=S. The van der Waals surface area contributed by atoms with Crippen molar-refractivity contribution in [2.45, 2.75) is 19.0 Å². The van der Waals surface area contributed by atoms with Gasteiger partial charge in [-0.25, -0.2) is 0 Å². The fourth-order valence-corrected chi connectivity index (χ4v) is 4.22. The van der Waals surface area contributed by atoms with Gasteiger partial charge in [0.05, 0.1) is 15.4 Å². The van der Waals surface area contributed by atoms with Crippen molar-refractivity contribution in [3.8, 4) is 11.5 Å². The molecule has 0 aromatic heterocycles. The maximum absolute atomic E-state index is 12.8. The van der Waals surface area contributed by atoms with Crippen molar-refractivity contribution in [1.82, 2.24) is 4.90 Å². The van der Waals surface area contributed by atoms with Gasteiger partial charge in [0.15, 0.2) is 0 Å². The van der Waals surface area contributed by atoms with Crippen molar-refractivity contribution in [3.05, 3.63) is 68.6 Å². The van der Waals surface area contributed by atoms with Gasteiger partial charge >= 0.3 is 12.1 Å². The zero-order valence-electron chi connectivity index (χ0n) is 17.1. The minimum absolute atomic E-state index is 0.0534. The van der Waals surface area contributed by atoms with Crippen LogP contribution >= 0.6 is 24.0 Å². The summed E-state index contributed by atoms with van der Waals surface area (Å²) in [5, 5.41) is 20.0. The number of non-ortho nitro benzene ring substituents is 1. The van der Waals surface area contributed by atoms with Crippen LogP contribution in [0.4, 0.5) is 18.9 Å². The summed E-state index contributed by atoms with van der Waals surface area (Å²) in [6.07, 6.45) is -3.14. The Morgan fingerprint density at radius 3 is 2.50 bits per heavy atom. The topological polar surface area (TPSA) is 110 Å². The zero-order valence-corrected chi connectivity index (χ0v) is 18.7. The molecule has 0 unspecified atom stereocenters. The lowest BCUT2D eigenvalue weighted by atomic mass is 10.1. The standard InChI is InChI=1S/C21H15F3N2O6S2/c22-21(23,24)13-3-6-15(7-4-13)32-16-8-5-14(26(30)31)10-12(16)11-17-19(29)25(20(33)34-17)9-1-2-18(27)28/h3-8,10-11H,1-2,9H2,(H,27,28). The van der Waals surface area contributed by atoms with Gasteiger partial charge in [-0.05, 0) is 42.8 Å². The average molecular weight is 512 g/mol. The number of alkyl halides is 3. The van der Waals surface area contributed by atoms with Crippen LogP contribution in [0.5, 0.6) is 11.5 Å². The third-order valence-electron chi connectivity index (χ3n) is 4.55. The summed E-state index contributed by atoms with van der Waals surface area (Å²) >= 11 is 6.13. The van der Waals surface area contributed by atoms with E-state index in [4.69, 9.17) is 22.1 Å². The first-order chi connectivity index (χ1) is 16.0. The smallest absolute Gasteiger partial charge is 0.416 e. The molecule has 1 saturated heterocycles. The first kappa shape index (κ1) is 25.2. The summed E-state index contributed by atoms with van der Waals surface area (Å²) in [6, 6.07) is 7.48. The number of hydrogen-bond donors (Lipinski definition) is 1. The van der Waals surface area contributed by atoms with Crippen molar-refractivity contribution >= 4 is 51.9 Å². The number of carbonyl (C=O) groups excluding carboxylic acids is 1. The summed E-state index contributed by atoms with van der Waals surface area (Å²) in [5.74, 6) is -1.38. The Bertz CT molecular complexity index is 1180. The number of thiocarbonyl (C=S) groups is 1. The molecule has 178 valence electrons. The molecule has 8 nitrogen and oxygen atoms in total. The second-order valence-corrected chi connectivity index (χ2v) is 8.61. The highest BCUT2D eigenvalue weighted by molar-refractivity contribution is 8.26. The van der Waals surface area contributed by atoms with Gasteiger partial charge in [0.2, 0.25) is 0 Å². The second-order valence-electron chi connectivity index (χ2n) is 6.93. The van der Waals surface area contributed by atoms with E-state index in [9.17, 15) is 32.9 Å². The molecule has 2 aromatic rings. The molecule has 13 heteroatoms. The molecule has 0 saturated carbocycles. The molecule has 0 atom stereocenters. The Labute approximate surface area is 200 Å². The van der Waals surface area contributed by atoms with Crippen molar-refractivity contribution in [3.63, 3.8) is 0 Å². The van der Waals surface area contributed by atoms with E-state index in [1.807, 2.05) is 0 Å². The highest BCUT2D eigenvalue weighted by atomic mass is 32.2. The molecule has 0 bridgehead atoms. The molecule has 2 aromatic carbocycles. The van der Waals surface area contributed by atoms with E-state index < -0.39 is 28.5 Å². The minimum Gasteiger partial charge on any atom is -0.481 e. The van der Waals surface area contributed by atoms with Crippen LogP contribution in [0.1, 0.15) is 24.0 Å². The maximum atomic E-state index is 12.8.